The topological polar surface area (TPSA) is 131 Å². The van der Waals surface area contributed by atoms with Crippen molar-refractivity contribution in [3.8, 4) is 0 Å². The predicted octanol–water partition coefficient (Wildman–Crippen LogP) is 6.98. The molecule has 1 atom stereocenters. The molecular weight excluding hydrogens is 521 g/mol. The fourth-order valence-corrected chi connectivity index (χ4v) is 4.84. The van der Waals surface area contributed by atoms with Gasteiger partial charge in [-0.05, 0) is 25.8 Å². The smallest absolute Gasteiger partial charge is 0.468 e. The summed E-state index contributed by atoms with van der Waals surface area (Å²) in [6, 6.07) is 0. The van der Waals surface area contributed by atoms with Crippen molar-refractivity contribution in [2.24, 2.45) is 0 Å². The van der Waals surface area contributed by atoms with E-state index in [1.165, 1.54) is 83.5 Å². The molecule has 0 heterocycles. The summed E-state index contributed by atoms with van der Waals surface area (Å²) in [5.41, 5.74) is 0. The average Bonchev–Trinajstić information content (AvgIpc) is 2.90. The second-order valence-corrected chi connectivity index (χ2v) is 11.8. The molecule has 0 aromatic carbocycles. The van der Waals surface area contributed by atoms with Crippen LogP contribution < -0.4 is 5.32 Å². The van der Waals surface area contributed by atoms with Crippen molar-refractivity contribution in [1.82, 2.24) is 5.32 Å². The summed E-state index contributed by atoms with van der Waals surface area (Å²) in [6.45, 7) is 4.00. The van der Waals surface area contributed by atoms with Gasteiger partial charge in [-0.2, -0.15) is 0 Å². The van der Waals surface area contributed by atoms with E-state index in [9.17, 15) is 14.2 Å². The summed E-state index contributed by atoms with van der Waals surface area (Å²) in [4.78, 5) is 40.3. The van der Waals surface area contributed by atoms with Gasteiger partial charge in [-0.25, -0.2) is 4.57 Å². The summed E-state index contributed by atoms with van der Waals surface area (Å²) in [5.74, 6) is -0.342. The zero-order chi connectivity index (χ0) is 28.9. The van der Waals surface area contributed by atoms with Crippen LogP contribution in [0.2, 0.25) is 0 Å². The second-order valence-electron chi connectivity index (χ2n) is 10.5. The van der Waals surface area contributed by atoms with Crippen LogP contribution in [0.15, 0.2) is 0 Å². The Morgan fingerprint density at radius 2 is 1.26 bits per heavy atom. The van der Waals surface area contributed by atoms with Crippen molar-refractivity contribution in [3.63, 3.8) is 0 Å². The van der Waals surface area contributed by atoms with E-state index in [2.05, 4.69) is 21.5 Å². The van der Waals surface area contributed by atoms with Crippen molar-refractivity contribution in [3.05, 3.63) is 0 Å². The molecule has 0 unspecified atom stereocenters. The highest BCUT2D eigenvalue weighted by molar-refractivity contribution is 7.46. The van der Waals surface area contributed by atoms with Crippen molar-refractivity contribution < 1.29 is 37.9 Å². The zero-order valence-electron chi connectivity index (χ0n) is 24.6. The quantitative estimate of drug-likeness (QED) is 0.0344. The minimum Gasteiger partial charge on any atom is -0.468 e. The Morgan fingerprint density at radius 3 is 1.77 bits per heavy atom. The number of phosphoric acid groups is 1. The molecule has 0 spiro atoms. The first-order valence-corrected chi connectivity index (χ1v) is 17.1. The number of phosphoric ester groups is 1. The van der Waals surface area contributed by atoms with Gasteiger partial charge in [-0.1, -0.05) is 116 Å². The van der Waals surface area contributed by atoms with E-state index >= 15 is 0 Å². The Kier molecular flexibility index (Phi) is 27.8. The minimum atomic E-state index is -4.62. The average molecular weight is 580 g/mol. The fraction of sp³-hybridized carbons (Fsp3) is 0.931. The van der Waals surface area contributed by atoms with Crippen molar-refractivity contribution in [1.29, 1.82) is 0 Å². The maximum absolute atomic E-state index is 12.2. The highest BCUT2D eigenvalue weighted by Gasteiger charge is 2.21. The Labute approximate surface area is 237 Å². The van der Waals surface area contributed by atoms with Crippen molar-refractivity contribution in [2.75, 3.05) is 26.3 Å². The van der Waals surface area contributed by atoms with Crippen LogP contribution >= 0.6 is 7.82 Å². The van der Waals surface area contributed by atoms with Crippen LogP contribution in [-0.2, 0) is 28.2 Å². The van der Waals surface area contributed by atoms with E-state index in [0.29, 0.717) is 26.0 Å². The first-order chi connectivity index (χ1) is 18.9. The molecule has 0 aromatic rings. The van der Waals surface area contributed by atoms with E-state index in [4.69, 9.17) is 14.5 Å². The van der Waals surface area contributed by atoms with Gasteiger partial charge in [-0.3, -0.25) is 14.1 Å². The van der Waals surface area contributed by atoms with E-state index in [0.717, 1.165) is 51.5 Å². The second kappa shape index (κ2) is 28.5. The normalized spacial score (nSPS) is 12.4. The molecule has 0 aromatic heterocycles. The van der Waals surface area contributed by atoms with Crippen molar-refractivity contribution >= 4 is 20.3 Å². The number of esters is 1. The monoisotopic (exact) mass is 579 g/mol. The van der Waals surface area contributed by atoms with E-state index in [-0.39, 0.29) is 12.6 Å². The van der Waals surface area contributed by atoms with Crippen LogP contribution in [0.25, 0.3) is 0 Å². The number of hydrogen-bond acceptors (Lipinski definition) is 7. The summed E-state index contributed by atoms with van der Waals surface area (Å²) in [5, 5.41) is 3.24. The molecule has 0 amide bonds. The number of rotatable bonds is 31. The van der Waals surface area contributed by atoms with E-state index in [1.54, 1.807) is 0 Å². The van der Waals surface area contributed by atoms with Gasteiger partial charge in [0.2, 0.25) is 0 Å². The first kappa shape index (κ1) is 38.0. The highest BCUT2D eigenvalue weighted by atomic mass is 31.2. The highest BCUT2D eigenvalue weighted by Crippen LogP contribution is 2.35. The Hall–Kier alpha value is -0.990. The molecule has 0 rings (SSSR count). The van der Waals surface area contributed by atoms with Gasteiger partial charge in [0.25, 0.3) is 6.47 Å². The molecule has 10 heteroatoms. The lowest BCUT2D eigenvalue weighted by atomic mass is 10.1. The van der Waals surface area contributed by atoms with Gasteiger partial charge in [0.15, 0.2) is 0 Å². The van der Waals surface area contributed by atoms with Crippen LogP contribution in [-0.4, -0.2) is 54.6 Å². The SMILES string of the molecule is CCCCCCCCCCCC(=O)O[C@@H](CNCCCCCCCCCCCCCOC=O)COP(=O)(O)O. The first-order valence-electron chi connectivity index (χ1n) is 15.5. The van der Waals surface area contributed by atoms with E-state index < -0.39 is 13.9 Å². The van der Waals surface area contributed by atoms with Crippen molar-refractivity contribution in [2.45, 2.75) is 148 Å². The Morgan fingerprint density at radius 1 is 0.769 bits per heavy atom. The van der Waals surface area contributed by atoms with Gasteiger partial charge in [-0.15, -0.1) is 0 Å². The molecule has 0 aliphatic heterocycles. The molecule has 0 bridgehead atoms. The third-order valence-corrected chi connectivity index (χ3v) is 7.25. The predicted molar refractivity (Wildman–Crippen MR) is 155 cm³/mol. The minimum absolute atomic E-state index is 0.310. The lowest BCUT2D eigenvalue weighted by Gasteiger charge is -2.19. The lowest BCUT2D eigenvalue weighted by Crippen LogP contribution is -2.35. The van der Waals surface area contributed by atoms with Gasteiger partial charge < -0.3 is 24.6 Å². The van der Waals surface area contributed by atoms with Crippen LogP contribution in [0.5, 0.6) is 0 Å². The van der Waals surface area contributed by atoms with Crippen LogP contribution in [0.1, 0.15) is 142 Å². The van der Waals surface area contributed by atoms with Crippen LogP contribution in [0.3, 0.4) is 0 Å². The lowest BCUT2D eigenvalue weighted by molar-refractivity contribution is -0.150. The number of carbonyl (C=O) groups excluding carboxylic acids is 2. The number of unbranched alkanes of at least 4 members (excludes halogenated alkanes) is 18. The van der Waals surface area contributed by atoms with Crippen LogP contribution in [0, 0.1) is 0 Å². The zero-order valence-corrected chi connectivity index (χ0v) is 25.5. The number of nitrogens with one attached hydrogen (secondary N) is 1. The molecule has 0 saturated carbocycles. The number of ether oxygens (including phenoxy) is 2. The Bertz CT molecular complexity index is 602. The molecule has 0 fully saturated rings. The summed E-state index contributed by atoms with van der Waals surface area (Å²) in [6.07, 6.45) is 22.9. The van der Waals surface area contributed by atoms with Crippen LogP contribution in [0.4, 0.5) is 0 Å². The molecule has 3 N–H and O–H groups in total. The summed E-state index contributed by atoms with van der Waals surface area (Å²) >= 11 is 0. The standard InChI is InChI=1S/C29H58NO8P/c1-2-3-4-5-6-10-13-16-19-22-29(32)38-28(26-37-39(33,34)35)25-30-23-20-17-14-11-8-7-9-12-15-18-21-24-36-27-31/h27-28,30H,2-26H2,1H3,(H2,33,34,35)/t28-/m0/s1. The number of carbonyl (C=O) groups is 2. The molecule has 0 saturated heterocycles. The van der Waals surface area contributed by atoms with Gasteiger partial charge >= 0.3 is 13.8 Å². The third-order valence-electron chi connectivity index (χ3n) is 6.77. The molecule has 0 aliphatic carbocycles. The fourth-order valence-electron chi connectivity index (χ4n) is 4.48. The number of hydrogen-bond donors (Lipinski definition) is 3. The summed E-state index contributed by atoms with van der Waals surface area (Å²) < 4.78 is 25.8. The molecule has 0 aliphatic rings. The molecular formula is C29H58NO8P. The van der Waals surface area contributed by atoms with E-state index in [1.807, 2.05) is 0 Å². The maximum atomic E-state index is 12.2. The third kappa shape index (κ3) is 31.4. The largest absolute Gasteiger partial charge is 0.469 e. The molecule has 39 heavy (non-hydrogen) atoms. The van der Waals surface area contributed by atoms with Gasteiger partial charge in [0.05, 0.1) is 13.2 Å². The van der Waals surface area contributed by atoms with Gasteiger partial charge in [0.1, 0.15) is 6.10 Å². The molecule has 9 nitrogen and oxygen atoms in total. The van der Waals surface area contributed by atoms with Gasteiger partial charge in [0, 0.05) is 13.0 Å². The molecule has 232 valence electrons. The molecule has 0 radical (unpaired) electrons. The Balaban J connectivity index is 3.82. The summed E-state index contributed by atoms with van der Waals surface area (Å²) in [7, 11) is -4.62. The maximum Gasteiger partial charge on any atom is 0.469 e.